The van der Waals surface area contributed by atoms with E-state index in [1.54, 1.807) is 24.3 Å². The van der Waals surface area contributed by atoms with Crippen molar-refractivity contribution in [3.8, 4) is 5.69 Å². The highest BCUT2D eigenvalue weighted by Crippen LogP contribution is 2.35. The molecule has 2 amide bonds. The number of imide groups is 1. The van der Waals surface area contributed by atoms with Crippen molar-refractivity contribution in [2.75, 3.05) is 7.11 Å². The highest BCUT2D eigenvalue weighted by atomic mass is 32.2. The topological polar surface area (TPSA) is 112 Å². The molecular weight excluding hydrogens is 482 g/mol. The number of carbonyl (C=O) groups excluding carboxylic acids is 3. The van der Waals surface area contributed by atoms with Crippen LogP contribution >= 0.6 is 11.8 Å². The minimum Gasteiger partial charge on any atom is -0.465 e. The van der Waals surface area contributed by atoms with Gasteiger partial charge in [-0.1, -0.05) is 18.2 Å². The van der Waals surface area contributed by atoms with Gasteiger partial charge in [0.25, 0.3) is 16.8 Å². The Balaban J connectivity index is 1.65. The van der Waals surface area contributed by atoms with E-state index in [2.05, 4.69) is 0 Å². The molecule has 1 aromatic heterocycles. The summed E-state index contributed by atoms with van der Waals surface area (Å²) < 4.78 is 6.87. The number of benzene rings is 2. The maximum Gasteiger partial charge on any atom is 0.338 e. The fourth-order valence-corrected chi connectivity index (χ4v) is 5.06. The summed E-state index contributed by atoms with van der Waals surface area (Å²) in [5.74, 6) is -0.875. The smallest absolute Gasteiger partial charge is 0.338 e. The van der Waals surface area contributed by atoms with Crippen molar-refractivity contribution in [2.24, 2.45) is 0 Å². The summed E-state index contributed by atoms with van der Waals surface area (Å²) in [5, 5.41) is 10.6. The van der Waals surface area contributed by atoms with Crippen LogP contribution < -0.4 is 0 Å². The lowest BCUT2D eigenvalue weighted by Gasteiger charge is -2.15. The number of carbonyl (C=O) groups is 3. The highest BCUT2D eigenvalue weighted by molar-refractivity contribution is 8.18. The van der Waals surface area contributed by atoms with Crippen molar-refractivity contribution in [3.05, 3.63) is 97.2 Å². The minimum absolute atomic E-state index is 0.0533. The van der Waals surface area contributed by atoms with Crippen molar-refractivity contribution >= 4 is 40.6 Å². The second-order valence-electron chi connectivity index (χ2n) is 8.30. The lowest BCUT2D eigenvalue weighted by atomic mass is 10.1. The molecule has 3 aromatic rings. The number of hydrogen-bond acceptors (Lipinski definition) is 7. The highest BCUT2D eigenvalue weighted by Gasteiger charge is 2.35. The van der Waals surface area contributed by atoms with E-state index < -0.39 is 22.0 Å². The third-order valence-corrected chi connectivity index (χ3v) is 6.95. The van der Waals surface area contributed by atoms with Crippen LogP contribution in [-0.2, 0) is 16.1 Å². The van der Waals surface area contributed by atoms with Crippen LogP contribution in [0.25, 0.3) is 11.8 Å². The molecule has 2 heterocycles. The summed E-state index contributed by atoms with van der Waals surface area (Å²) in [6.45, 7) is 5.61. The van der Waals surface area contributed by atoms with Crippen molar-refractivity contribution in [1.29, 1.82) is 0 Å². The molecule has 0 N–H and O–H groups in total. The summed E-state index contributed by atoms with van der Waals surface area (Å²) in [5.41, 5.74) is 4.91. The maximum absolute atomic E-state index is 13.0. The number of ether oxygens (including phenoxy) is 1. The first-order valence-electron chi connectivity index (χ1n) is 11.0. The molecule has 0 bridgehead atoms. The minimum atomic E-state index is -0.518. The number of amides is 2. The summed E-state index contributed by atoms with van der Waals surface area (Å²) in [4.78, 5) is 49.7. The third-order valence-electron chi connectivity index (χ3n) is 6.04. The van der Waals surface area contributed by atoms with E-state index in [4.69, 9.17) is 4.74 Å². The third kappa shape index (κ3) is 4.55. The maximum atomic E-state index is 13.0. The van der Waals surface area contributed by atoms with Gasteiger partial charge in [0.05, 0.1) is 29.0 Å². The van der Waals surface area contributed by atoms with Crippen LogP contribution in [0.1, 0.15) is 38.4 Å². The predicted octanol–water partition coefficient (Wildman–Crippen LogP) is 5.33. The molecule has 0 atom stereocenters. The van der Waals surface area contributed by atoms with E-state index in [0.717, 1.165) is 44.9 Å². The molecule has 1 saturated heterocycles. The molecule has 1 fully saturated rings. The van der Waals surface area contributed by atoms with Gasteiger partial charge >= 0.3 is 5.97 Å². The number of aryl methyl sites for hydroxylation is 1. The molecular formula is C26H23N3O6S. The molecule has 4 rings (SSSR count). The van der Waals surface area contributed by atoms with Crippen molar-refractivity contribution in [2.45, 2.75) is 27.3 Å². The predicted molar refractivity (Wildman–Crippen MR) is 136 cm³/mol. The van der Waals surface area contributed by atoms with Gasteiger partial charge in [0.1, 0.15) is 0 Å². The Kier molecular flexibility index (Phi) is 6.80. The number of aromatic nitrogens is 1. The largest absolute Gasteiger partial charge is 0.465 e. The summed E-state index contributed by atoms with van der Waals surface area (Å²) >= 11 is 0.833. The zero-order chi connectivity index (χ0) is 26.1. The van der Waals surface area contributed by atoms with Gasteiger partial charge in [-0.3, -0.25) is 24.6 Å². The van der Waals surface area contributed by atoms with E-state index in [-0.39, 0.29) is 17.1 Å². The van der Waals surface area contributed by atoms with Crippen LogP contribution in [-0.4, -0.2) is 38.6 Å². The van der Waals surface area contributed by atoms with Crippen LogP contribution in [0, 0.1) is 30.9 Å². The van der Waals surface area contributed by atoms with Crippen molar-refractivity contribution < 1.29 is 24.0 Å². The molecule has 10 heteroatoms. The molecule has 0 radical (unpaired) electrons. The fraction of sp³-hybridized carbons (Fsp3) is 0.192. The summed E-state index contributed by atoms with van der Waals surface area (Å²) in [6, 6.07) is 13.2. The van der Waals surface area contributed by atoms with Gasteiger partial charge in [-0.15, -0.1) is 0 Å². The van der Waals surface area contributed by atoms with E-state index in [1.165, 1.54) is 25.3 Å². The number of methoxy groups -OCH3 is 1. The SMILES string of the molecule is COC(=O)c1cccc(-n2c(C)cc(C=C3SC(=O)N(Cc4cccc([N+](=O)[O-])c4)C3=O)c2C)c1C. The lowest BCUT2D eigenvalue weighted by Crippen LogP contribution is -2.27. The Morgan fingerprint density at radius 1 is 1.11 bits per heavy atom. The Hall–Kier alpha value is -4.18. The number of nitrogens with zero attached hydrogens (tertiary/aromatic N) is 3. The Labute approximate surface area is 211 Å². The number of thioether (sulfide) groups is 1. The van der Waals surface area contributed by atoms with Crippen LogP contribution in [0.3, 0.4) is 0 Å². The van der Waals surface area contributed by atoms with Gasteiger partial charge in [0, 0.05) is 29.2 Å². The standard InChI is InChI=1S/C26H23N3O6S/c1-15-11-19(17(3)28(15)22-10-6-9-21(16(22)2)25(31)35-4)13-23-24(30)27(26(32)36-23)14-18-7-5-8-20(12-18)29(33)34/h5-13H,14H2,1-4H3. The van der Waals surface area contributed by atoms with Gasteiger partial charge in [-0.05, 0) is 73.5 Å². The molecule has 184 valence electrons. The summed E-state index contributed by atoms with van der Waals surface area (Å²) in [6.07, 6.45) is 1.68. The van der Waals surface area contributed by atoms with Crippen molar-refractivity contribution in [3.63, 3.8) is 0 Å². The molecule has 1 aliphatic heterocycles. The molecule has 0 unspecified atom stereocenters. The molecule has 2 aromatic carbocycles. The zero-order valence-electron chi connectivity index (χ0n) is 20.1. The number of rotatable bonds is 6. The Bertz CT molecular complexity index is 1460. The molecule has 36 heavy (non-hydrogen) atoms. The molecule has 1 aliphatic rings. The van der Waals surface area contributed by atoms with Gasteiger partial charge in [0.2, 0.25) is 0 Å². The molecule has 0 saturated carbocycles. The van der Waals surface area contributed by atoms with E-state index in [0.29, 0.717) is 11.1 Å². The molecule has 9 nitrogen and oxygen atoms in total. The van der Waals surface area contributed by atoms with Crippen LogP contribution in [0.4, 0.5) is 10.5 Å². The molecule has 0 spiro atoms. The Morgan fingerprint density at radius 2 is 1.83 bits per heavy atom. The van der Waals surface area contributed by atoms with E-state index >= 15 is 0 Å². The number of nitro groups is 1. The first kappa shape index (κ1) is 24.9. The lowest BCUT2D eigenvalue weighted by molar-refractivity contribution is -0.384. The van der Waals surface area contributed by atoms with Gasteiger partial charge in [0.15, 0.2) is 0 Å². The number of hydrogen-bond donors (Lipinski definition) is 0. The van der Waals surface area contributed by atoms with Crippen LogP contribution in [0.5, 0.6) is 0 Å². The van der Waals surface area contributed by atoms with Gasteiger partial charge in [-0.2, -0.15) is 0 Å². The number of non-ortho nitro benzene ring substituents is 1. The van der Waals surface area contributed by atoms with Gasteiger partial charge in [-0.25, -0.2) is 4.79 Å². The average Bonchev–Trinajstić information content (AvgIpc) is 3.28. The molecule has 0 aliphatic carbocycles. The average molecular weight is 506 g/mol. The van der Waals surface area contributed by atoms with Gasteiger partial charge < -0.3 is 9.30 Å². The number of nitro benzene ring substituents is 1. The van der Waals surface area contributed by atoms with Crippen LogP contribution in [0.2, 0.25) is 0 Å². The Morgan fingerprint density at radius 3 is 2.53 bits per heavy atom. The second-order valence-corrected chi connectivity index (χ2v) is 9.29. The number of esters is 1. The normalized spacial score (nSPS) is 14.6. The zero-order valence-corrected chi connectivity index (χ0v) is 20.9. The quantitative estimate of drug-likeness (QED) is 0.193. The first-order chi connectivity index (χ1) is 17.1. The monoisotopic (exact) mass is 505 g/mol. The fourth-order valence-electron chi connectivity index (χ4n) is 4.23. The second kappa shape index (κ2) is 9.82. The first-order valence-corrected chi connectivity index (χ1v) is 11.8. The van der Waals surface area contributed by atoms with E-state index in [1.807, 2.05) is 37.5 Å². The van der Waals surface area contributed by atoms with E-state index in [9.17, 15) is 24.5 Å². The summed E-state index contributed by atoms with van der Waals surface area (Å²) in [7, 11) is 1.34. The van der Waals surface area contributed by atoms with Crippen molar-refractivity contribution in [1.82, 2.24) is 9.47 Å². The van der Waals surface area contributed by atoms with Crippen LogP contribution in [0.15, 0.2) is 53.4 Å².